The molecule has 0 atom stereocenters. The van der Waals surface area contributed by atoms with E-state index in [-0.39, 0.29) is 17.5 Å². The molecule has 1 heterocycles. The lowest BCUT2D eigenvalue weighted by Gasteiger charge is -2.06. The Morgan fingerprint density at radius 1 is 1.27 bits per heavy atom. The van der Waals surface area contributed by atoms with Crippen LogP contribution in [0.1, 0.15) is 5.56 Å². The van der Waals surface area contributed by atoms with E-state index in [1.165, 1.54) is 17.8 Å². The maximum atomic E-state index is 13.7. The molecular formula is C18H17FN4O2S. The zero-order chi connectivity index (χ0) is 18.4. The average Bonchev–Trinajstić information content (AvgIpc) is 3.14. The number of rotatable bonds is 7. The molecule has 0 bridgehead atoms. The van der Waals surface area contributed by atoms with Gasteiger partial charge in [0.15, 0.2) is 5.82 Å². The summed E-state index contributed by atoms with van der Waals surface area (Å²) in [6.45, 7) is 0.408. The molecule has 0 saturated heterocycles. The van der Waals surface area contributed by atoms with Gasteiger partial charge in [0, 0.05) is 6.54 Å². The van der Waals surface area contributed by atoms with E-state index in [0.29, 0.717) is 23.1 Å². The molecule has 0 unspecified atom stereocenters. The van der Waals surface area contributed by atoms with Crippen LogP contribution in [0, 0.1) is 5.82 Å². The van der Waals surface area contributed by atoms with Crippen LogP contribution in [-0.4, -0.2) is 34.0 Å². The minimum atomic E-state index is -0.378. The van der Waals surface area contributed by atoms with Crippen molar-refractivity contribution in [3.8, 4) is 17.1 Å². The predicted octanol–water partition coefficient (Wildman–Crippen LogP) is 3.03. The van der Waals surface area contributed by atoms with Gasteiger partial charge < -0.3 is 10.1 Å². The molecule has 3 rings (SSSR count). The number of amides is 1. The van der Waals surface area contributed by atoms with Gasteiger partial charge in [-0.15, -0.1) is 5.10 Å². The molecule has 3 aromatic rings. The number of nitrogens with one attached hydrogen (secondary N) is 2. The smallest absolute Gasteiger partial charge is 0.230 e. The molecule has 0 spiro atoms. The van der Waals surface area contributed by atoms with Gasteiger partial charge in [-0.2, -0.15) is 0 Å². The van der Waals surface area contributed by atoms with Gasteiger partial charge in [-0.05, 0) is 29.8 Å². The van der Waals surface area contributed by atoms with Gasteiger partial charge in [-0.3, -0.25) is 9.89 Å². The van der Waals surface area contributed by atoms with Crippen LogP contribution in [0.25, 0.3) is 11.4 Å². The molecule has 2 N–H and O–H groups in total. The number of hydrogen-bond donors (Lipinski definition) is 2. The largest absolute Gasteiger partial charge is 0.497 e. The van der Waals surface area contributed by atoms with Crippen LogP contribution in [0.3, 0.4) is 0 Å². The maximum absolute atomic E-state index is 13.7. The maximum Gasteiger partial charge on any atom is 0.230 e. The van der Waals surface area contributed by atoms with Gasteiger partial charge in [-0.1, -0.05) is 36.0 Å². The molecule has 134 valence electrons. The average molecular weight is 372 g/mol. The van der Waals surface area contributed by atoms with Gasteiger partial charge in [0.1, 0.15) is 11.6 Å². The minimum absolute atomic E-state index is 0.143. The van der Waals surface area contributed by atoms with Crippen LogP contribution in [0.2, 0.25) is 0 Å². The van der Waals surface area contributed by atoms with Crippen LogP contribution in [-0.2, 0) is 11.3 Å². The monoisotopic (exact) mass is 372 g/mol. The Labute approximate surface area is 154 Å². The van der Waals surface area contributed by atoms with Gasteiger partial charge in [0.05, 0.1) is 18.4 Å². The molecule has 0 aliphatic rings. The summed E-state index contributed by atoms with van der Waals surface area (Å²) in [6, 6.07) is 13.8. The molecule has 0 saturated carbocycles. The Balaban J connectivity index is 1.51. The highest BCUT2D eigenvalue weighted by Crippen LogP contribution is 2.21. The number of aromatic nitrogens is 3. The van der Waals surface area contributed by atoms with Crippen LogP contribution in [0.5, 0.6) is 5.75 Å². The fourth-order valence-corrected chi connectivity index (χ4v) is 2.88. The predicted molar refractivity (Wildman–Crippen MR) is 97.3 cm³/mol. The standard InChI is InChI=1S/C18H17FN4O2S/c1-25-13-6-4-5-12(9-13)10-20-16(24)11-26-18-21-17(22-23-18)14-7-2-3-8-15(14)19/h2-9H,10-11H2,1H3,(H,20,24)(H,21,22,23). The topological polar surface area (TPSA) is 79.9 Å². The van der Waals surface area contributed by atoms with Crippen molar-refractivity contribution in [2.75, 3.05) is 12.9 Å². The number of nitrogens with zero attached hydrogens (tertiary/aromatic N) is 2. The Hall–Kier alpha value is -2.87. The number of H-pyrrole nitrogens is 1. The Kier molecular flexibility index (Phi) is 5.85. The highest BCUT2D eigenvalue weighted by Gasteiger charge is 2.11. The van der Waals surface area contributed by atoms with E-state index < -0.39 is 0 Å². The lowest BCUT2D eigenvalue weighted by Crippen LogP contribution is -2.24. The van der Waals surface area contributed by atoms with Crippen molar-refractivity contribution in [2.24, 2.45) is 0 Å². The van der Waals surface area contributed by atoms with E-state index in [0.717, 1.165) is 11.3 Å². The first kappa shape index (κ1) is 17.9. The first-order chi connectivity index (χ1) is 12.7. The first-order valence-corrected chi connectivity index (χ1v) is 8.84. The van der Waals surface area contributed by atoms with Gasteiger partial charge in [-0.25, -0.2) is 9.37 Å². The summed E-state index contributed by atoms with van der Waals surface area (Å²) in [4.78, 5) is 16.2. The number of methoxy groups -OCH3 is 1. The molecule has 0 aliphatic heterocycles. The quantitative estimate of drug-likeness (QED) is 0.623. The third kappa shape index (κ3) is 4.60. The van der Waals surface area contributed by atoms with Crippen LogP contribution in [0.4, 0.5) is 4.39 Å². The molecule has 0 fully saturated rings. The summed E-state index contributed by atoms with van der Waals surface area (Å²) in [6.07, 6.45) is 0. The Morgan fingerprint density at radius 2 is 2.12 bits per heavy atom. The van der Waals surface area contributed by atoms with Gasteiger partial charge >= 0.3 is 0 Å². The molecule has 2 aromatic carbocycles. The number of thioether (sulfide) groups is 1. The van der Waals surface area contributed by atoms with E-state index in [9.17, 15) is 9.18 Å². The van der Waals surface area contributed by atoms with E-state index >= 15 is 0 Å². The summed E-state index contributed by atoms with van der Waals surface area (Å²) in [7, 11) is 1.60. The van der Waals surface area contributed by atoms with Crippen molar-refractivity contribution in [1.82, 2.24) is 20.5 Å². The van der Waals surface area contributed by atoms with Crippen molar-refractivity contribution in [1.29, 1.82) is 0 Å². The normalized spacial score (nSPS) is 10.5. The van der Waals surface area contributed by atoms with Crippen molar-refractivity contribution in [3.05, 3.63) is 59.9 Å². The highest BCUT2D eigenvalue weighted by molar-refractivity contribution is 7.99. The number of aromatic amines is 1. The summed E-state index contributed by atoms with van der Waals surface area (Å²) in [5, 5.41) is 9.92. The Bertz CT molecular complexity index is 900. The first-order valence-electron chi connectivity index (χ1n) is 7.85. The molecule has 6 nitrogen and oxygen atoms in total. The molecule has 0 radical (unpaired) electrons. The summed E-state index contributed by atoms with van der Waals surface area (Å²) in [5.41, 5.74) is 1.29. The summed E-state index contributed by atoms with van der Waals surface area (Å²) < 4.78 is 18.9. The zero-order valence-corrected chi connectivity index (χ0v) is 14.8. The van der Waals surface area contributed by atoms with Crippen molar-refractivity contribution in [3.63, 3.8) is 0 Å². The molecule has 1 aromatic heterocycles. The fraction of sp³-hybridized carbons (Fsp3) is 0.167. The molecule has 1 amide bonds. The number of carbonyl (C=O) groups excluding carboxylic acids is 1. The number of ether oxygens (including phenoxy) is 1. The third-order valence-corrected chi connectivity index (χ3v) is 4.40. The minimum Gasteiger partial charge on any atom is -0.497 e. The number of hydrogen-bond acceptors (Lipinski definition) is 5. The second-order valence-electron chi connectivity index (χ2n) is 5.36. The lowest BCUT2D eigenvalue weighted by atomic mass is 10.2. The second kappa shape index (κ2) is 8.48. The van der Waals surface area contributed by atoms with E-state index in [1.54, 1.807) is 25.3 Å². The van der Waals surface area contributed by atoms with Crippen molar-refractivity contribution >= 4 is 17.7 Å². The molecule has 26 heavy (non-hydrogen) atoms. The van der Waals surface area contributed by atoms with Gasteiger partial charge in [0.25, 0.3) is 0 Å². The number of benzene rings is 2. The SMILES string of the molecule is COc1cccc(CNC(=O)CSc2n[nH]c(-c3ccccc3F)n2)c1. The lowest BCUT2D eigenvalue weighted by molar-refractivity contribution is -0.118. The highest BCUT2D eigenvalue weighted by atomic mass is 32.2. The second-order valence-corrected chi connectivity index (χ2v) is 6.31. The van der Waals surface area contributed by atoms with Crippen molar-refractivity contribution < 1.29 is 13.9 Å². The van der Waals surface area contributed by atoms with Crippen LogP contribution >= 0.6 is 11.8 Å². The number of carbonyl (C=O) groups is 1. The van der Waals surface area contributed by atoms with E-state index in [1.807, 2.05) is 24.3 Å². The van der Waals surface area contributed by atoms with E-state index in [2.05, 4.69) is 20.5 Å². The van der Waals surface area contributed by atoms with Gasteiger partial charge in [0.2, 0.25) is 11.1 Å². The third-order valence-electron chi connectivity index (χ3n) is 3.55. The Morgan fingerprint density at radius 3 is 2.92 bits per heavy atom. The van der Waals surface area contributed by atoms with E-state index in [4.69, 9.17) is 4.74 Å². The zero-order valence-electron chi connectivity index (χ0n) is 14.0. The van der Waals surface area contributed by atoms with Crippen LogP contribution < -0.4 is 10.1 Å². The van der Waals surface area contributed by atoms with Crippen molar-refractivity contribution in [2.45, 2.75) is 11.7 Å². The summed E-state index contributed by atoms with van der Waals surface area (Å²) >= 11 is 1.18. The number of halogens is 1. The fourth-order valence-electron chi connectivity index (χ4n) is 2.25. The molecule has 0 aliphatic carbocycles. The molecule has 8 heteroatoms. The molecular weight excluding hydrogens is 355 g/mol. The van der Waals surface area contributed by atoms with Crippen LogP contribution in [0.15, 0.2) is 53.7 Å². The summed E-state index contributed by atoms with van der Waals surface area (Å²) in [5.74, 6) is 0.722.